The van der Waals surface area contributed by atoms with Gasteiger partial charge in [-0.1, -0.05) is 13.3 Å². The van der Waals surface area contributed by atoms with Gasteiger partial charge in [0.2, 0.25) is 0 Å². The van der Waals surface area contributed by atoms with Crippen LogP contribution >= 0.6 is 0 Å². The Morgan fingerprint density at radius 2 is 2.00 bits per heavy atom. The molecule has 1 saturated carbocycles. The van der Waals surface area contributed by atoms with Crippen molar-refractivity contribution in [1.29, 1.82) is 0 Å². The van der Waals surface area contributed by atoms with E-state index in [0.717, 1.165) is 31.2 Å². The van der Waals surface area contributed by atoms with Crippen LogP contribution in [-0.4, -0.2) is 48.3 Å². The van der Waals surface area contributed by atoms with E-state index in [0.29, 0.717) is 6.04 Å². The Hall–Kier alpha value is -0.120. The van der Waals surface area contributed by atoms with Crippen molar-refractivity contribution in [2.75, 3.05) is 26.7 Å². The minimum atomic E-state index is -0.444. The van der Waals surface area contributed by atoms with Crippen LogP contribution in [0.3, 0.4) is 0 Å². The number of nitrogens with one attached hydrogen (secondary N) is 1. The minimum absolute atomic E-state index is 0.444. The molecule has 3 nitrogen and oxygen atoms in total. The minimum Gasteiger partial charge on any atom is -0.389 e. The summed E-state index contributed by atoms with van der Waals surface area (Å²) in [7, 11) is 2.22. The zero-order valence-electron chi connectivity index (χ0n) is 13.7. The van der Waals surface area contributed by atoms with Gasteiger partial charge in [0.05, 0.1) is 5.60 Å². The largest absolute Gasteiger partial charge is 0.389 e. The Kier molecular flexibility index (Phi) is 5.88. The normalized spacial score (nSPS) is 37.8. The van der Waals surface area contributed by atoms with Gasteiger partial charge in [0, 0.05) is 19.1 Å². The molecule has 20 heavy (non-hydrogen) atoms. The summed E-state index contributed by atoms with van der Waals surface area (Å²) in [5.41, 5.74) is -0.444. The van der Waals surface area contributed by atoms with Crippen LogP contribution in [0, 0.1) is 11.8 Å². The second-order valence-corrected chi connectivity index (χ2v) is 7.41. The van der Waals surface area contributed by atoms with Gasteiger partial charge in [-0.15, -0.1) is 0 Å². The van der Waals surface area contributed by atoms with Crippen LogP contribution in [0.1, 0.15) is 58.8 Å². The monoisotopic (exact) mass is 282 g/mol. The van der Waals surface area contributed by atoms with Crippen molar-refractivity contribution in [2.24, 2.45) is 11.8 Å². The van der Waals surface area contributed by atoms with Crippen LogP contribution in [0.5, 0.6) is 0 Å². The van der Waals surface area contributed by atoms with Crippen molar-refractivity contribution < 1.29 is 5.11 Å². The van der Waals surface area contributed by atoms with Crippen molar-refractivity contribution in [3.8, 4) is 0 Å². The van der Waals surface area contributed by atoms with Gasteiger partial charge in [0.25, 0.3) is 0 Å². The van der Waals surface area contributed by atoms with Crippen molar-refractivity contribution in [3.05, 3.63) is 0 Å². The summed E-state index contributed by atoms with van der Waals surface area (Å²) in [6, 6.07) is 0.519. The first-order valence-electron chi connectivity index (χ1n) is 8.67. The zero-order chi connectivity index (χ0) is 14.6. The molecular formula is C17H34N2O. The second-order valence-electron chi connectivity index (χ2n) is 7.41. The average molecular weight is 282 g/mol. The number of nitrogens with zero attached hydrogens (tertiary/aromatic N) is 1. The molecule has 1 aliphatic carbocycles. The first kappa shape index (κ1) is 16.3. The quantitative estimate of drug-likeness (QED) is 0.814. The summed E-state index contributed by atoms with van der Waals surface area (Å²) in [4.78, 5) is 2.44. The van der Waals surface area contributed by atoms with E-state index in [4.69, 9.17) is 0 Å². The summed E-state index contributed by atoms with van der Waals surface area (Å²) < 4.78 is 0. The van der Waals surface area contributed by atoms with E-state index in [1.54, 1.807) is 0 Å². The lowest BCUT2D eigenvalue weighted by atomic mass is 9.77. The molecule has 1 aliphatic heterocycles. The van der Waals surface area contributed by atoms with Crippen LogP contribution in [0.25, 0.3) is 0 Å². The van der Waals surface area contributed by atoms with E-state index in [1.165, 1.54) is 45.2 Å². The highest BCUT2D eigenvalue weighted by Crippen LogP contribution is 2.33. The molecule has 2 unspecified atom stereocenters. The average Bonchev–Trinajstić information content (AvgIpc) is 2.46. The summed E-state index contributed by atoms with van der Waals surface area (Å²) in [5, 5.41) is 14.4. The Balaban J connectivity index is 1.73. The highest BCUT2D eigenvalue weighted by molar-refractivity contribution is 4.89. The van der Waals surface area contributed by atoms with Crippen LogP contribution in [0.4, 0.5) is 0 Å². The molecule has 3 heteroatoms. The molecule has 118 valence electrons. The lowest BCUT2D eigenvalue weighted by molar-refractivity contribution is -0.0125. The first-order chi connectivity index (χ1) is 9.52. The SMILES string of the molecule is CCC1CCC(O)(CNC(C)C2CCCN(C)C2)CC1. The Bertz CT molecular complexity index is 287. The number of likely N-dealkylation sites (tertiary alicyclic amines) is 1. The highest BCUT2D eigenvalue weighted by atomic mass is 16.3. The fraction of sp³-hybridized carbons (Fsp3) is 1.00. The Morgan fingerprint density at radius 3 is 2.60 bits per heavy atom. The van der Waals surface area contributed by atoms with Gasteiger partial charge >= 0.3 is 0 Å². The van der Waals surface area contributed by atoms with Gasteiger partial charge in [0.1, 0.15) is 0 Å². The Morgan fingerprint density at radius 1 is 1.30 bits per heavy atom. The highest BCUT2D eigenvalue weighted by Gasteiger charge is 2.33. The van der Waals surface area contributed by atoms with Gasteiger partial charge < -0.3 is 15.3 Å². The number of piperidine rings is 1. The molecule has 0 aromatic carbocycles. The van der Waals surface area contributed by atoms with E-state index >= 15 is 0 Å². The maximum Gasteiger partial charge on any atom is 0.0771 e. The van der Waals surface area contributed by atoms with Crippen molar-refractivity contribution in [1.82, 2.24) is 10.2 Å². The molecule has 2 N–H and O–H groups in total. The molecule has 2 rings (SSSR count). The third-order valence-electron chi connectivity index (χ3n) is 5.73. The fourth-order valence-electron chi connectivity index (χ4n) is 3.93. The van der Waals surface area contributed by atoms with Crippen molar-refractivity contribution in [2.45, 2.75) is 70.4 Å². The van der Waals surface area contributed by atoms with Gasteiger partial charge in [-0.25, -0.2) is 0 Å². The van der Waals surface area contributed by atoms with E-state index in [9.17, 15) is 5.11 Å². The number of hydrogen-bond acceptors (Lipinski definition) is 3. The summed E-state index contributed by atoms with van der Waals surface area (Å²) in [6.45, 7) is 7.79. The number of rotatable bonds is 5. The van der Waals surface area contributed by atoms with E-state index in [-0.39, 0.29) is 0 Å². The molecule has 0 aromatic heterocycles. The van der Waals surface area contributed by atoms with E-state index in [1.807, 2.05) is 0 Å². The molecule has 0 amide bonds. The van der Waals surface area contributed by atoms with Crippen LogP contribution in [-0.2, 0) is 0 Å². The zero-order valence-corrected chi connectivity index (χ0v) is 13.7. The molecule has 2 atom stereocenters. The molecular weight excluding hydrogens is 248 g/mol. The van der Waals surface area contributed by atoms with Crippen LogP contribution in [0.2, 0.25) is 0 Å². The molecule has 0 aromatic rings. The lowest BCUT2D eigenvalue weighted by Crippen LogP contribution is -2.50. The molecule has 1 heterocycles. The van der Waals surface area contributed by atoms with E-state index < -0.39 is 5.60 Å². The maximum atomic E-state index is 10.7. The first-order valence-corrected chi connectivity index (χ1v) is 8.67. The predicted octanol–water partition coefficient (Wildman–Crippen LogP) is 2.64. The van der Waals surface area contributed by atoms with Crippen LogP contribution < -0.4 is 5.32 Å². The number of aliphatic hydroxyl groups is 1. The molecule has 0 spiro atoms. The topological polar surface area (TPSA) is 35.5 Å². The third kappa shape index (κ3) is 4.44. The smallest absolute Gasteiger partial charge is 0.0771 e. The lowest BCUT2D eigenvalue weighted by Gasteiger charge is -2.39. The standard InChI is InChI=1S/C17H34N2O/c1-4-15-7-9-17(20,10-8-15)13-18-14(2)16-6-5-11-19(3)12-16/h14-16,18,20H,4-13H2,1-3H3. The van der Waals surface area contributed by atoms with Gasteiger partial charge in [-0.05, 0) is 70.9 Å². The third-order valence-corrected chi connectivity index (χ3v) is 5.73. The fourth-order valence-corrected chi connectivity index (χ4v) is 3.93. The summed E-state index contributed by atoms with van der Waals surface area (Å²) in [6.07, 6.45) is 8.29. The Labute approximate surface area is 125 Å². The second kappa shape index (κ2) is 7.24. The van der Waals surface area contributed by atoms with Crippen molar-refractivity contribution >= 4 is 0 Å². The summed E-state index contributed by atoms with van der Waals surface area (Å²) in [5.74, 6) is 1.59. The van der Waals surface area contributed by atoms with E-state index in [2.05, 4.69) is 31.1 Å². The van der Waals surface area contributed by atoms with Gasteiger partial charge in [-0.2, -0.15) is 0 Å². The maximum absolute atomic E-state index is 10.7. The molecule has 0 radical (unpaired) electrons. The predicted molar refractivity (Wildman–Crippen MR) is 84.9 cm³/mol. The van der Waals surface area contributed by atoms with Gasteiger partial charge in [0.15, 0.2) is 0 Å². The summed E-state index contributed by atoms with van der Waals surface area (Å²) >= 11 is 0. The molecule has 1 saturated heterocycles. The molecule has 2 aliphatic rings. The molecule has 0 bridgehead atoms. The van der Waals surface area contributed by atoms with Crippen LogP contribution in [0.15, 0.2) is 0 Å². The van der Waals surface area contributed by atoms with Crippen molar-refractivity contribution in [3.63, 3.8) is 0 Å². The van der Waals surface area contributed by atoms with Gasteiger partial charge in [-0.3, -0.25) is 0 Å². The number of hydrogen-bond donors (Lipinski definition) is 2. The molecule has 2 fully saturated rings.